The normalized spacial score (nSPS) is 14.5. The lowest BCUT2D eigenvalue weighted by molar-refractivity contribution is -0.121. The molecule has 0 saturated carbocycles. The number of hydrogen-bond acceptors (Lipinski definition) is 4. The molecule has 1 rings (SSSR count). The average Bonchev–Trinajstić information content (AvgIpc) is 2.20. The lowest BCUT2D eigenvalue weighted by Crippen LogP contribution is -2.25. The molecule has 2 unspecified atom stereocenters. The van der Waals surface area contributed by atoms with Gasteiger partial charge in [-0.15, -0.1) is 0 Å². The van der Waals surface area contributed by atoms with Crippen LogP contribution in [0.25, 0.3) is 0 Å². The van der Waals surface area contributed by atoms with E-state index in [0.717, 1.165) is 0 Å². The summed E-state index contributed by atoms with van der Waals surface area (Å²) in [5, 5.41) is 19.4. The molecule has 4 N–H and O–H groups in total. The highest BCUT2D eigenvalue weighted by atomic mass is 35.5. The molecule has 5 nitrogen and oxygen atoms in total. The number of carbonyl (C=O) groups is 1. The zero-order valence-corrected chi connectivity index (χ0v) is 9.61. The maximum absolute atomic E-state index is 10.6. The van der Waals surface area contributed by atoms with Crippen LogP contribution in [0.2, 0.25) is 10.2 Å². The van der Waals surface area contributed by atoms with Crippen molar-refractivity contribution in [2.24, 2.45) is 5.73 Å². The van der Waals surface area contributed by atoms with Gasteiger partial charge in [-0.2, -0.15) is 0 Å². The van der Waals surface area contributed by atoms with Crippen LogP contribution in [0.3, 0.4) is 0 Å². The van der Waals surface area contributed by atoms with E-state index < -0.39 is 18.1 Å². The second-order valence-electron chi connectivity index (χ2n) is 3.22. The number of hydrogen-bond donors (Lipinski definition) is 3. The summed E-state index contributed by atoms with van der Waals surface area (Å²) in [6.45, 7) is 0. The largest absolute Gasteiger partial charge is 0.390 e. The van der Waals surface area contributed by atoms with Crippen molar-refractivity contribution < 1.29 is 15.0 Å². The van der Waals surface area contributed by atoms with Crippen LogP contribution in [0.4, 0.5) is 0 Å². The predicted molar refractivity (Wildman–Crippen MR) is 59.0 cm³/mol. The van der Waals surface area contributed by atoms with Gasteiger partial charge in [0.1, 0.15) is 11.3 Å². The fourth-order valence-corrected chi connectivity index (χ4v) is 1.42. The van der Waals surface area contributed by atoms with Gasteiger partial charge in [-0.1, -0.05) is 23.2 Å². The van der Waals surface area contributed by atoms with Gasteiger partial charge >= 0.3 is 0 Å². The third kappa shape index (κ3) is 3.31. The molecule has 0 aromatic carbocycles. The van der Waals surface area contributed by atoms with E-state index in [2.05, 4.69) is 4.98 Å². The van der Waals surface area contributed by atoms with Gasteiger partial charge in [0.25, 0.3) is 0 Å². The summed E-state index contributed by atoms with van der Waals surface area (Å²) in [6, 6.07) is 1.37. The fraction of sp³-hybridized carbons (Fsp3) is 0.333. The van der Waals surface area contributed by atoms with Gasteiger partial charge in [0.2, 0.25) is 5.91 Å². The van der Waals surface area contributed by atoms with Crippen molar-refractivity contribution in [2.75, 3.05) is 0 Å². The molecule has 1 aromatic heterocycles. The molecular weight excluding hydrogens is 255 g/mol. The third-order valence-corrected chi connectivity index (χ3v) is 2.62. The number of primary amides is 1. The molecule has 16 heavy (non-hydrogen) atoms. The number of aliphatic hydroxyl groups is 2. The van der Waals surface area contributed by atoms with Crippen LogP contribution in [0.5, 0.6) is 0 Å². The van der Waals surface area contributed by atoms with Crippen molar-refractivity contribution in [1.29, 1.82) is 0 Å². The van der Waals surface area contributed by atoms with Crippen LogP contribution in [0.1, 0.15) is 18.1 Å². The number of carbonyl (C=O) groups excluding carboxylic acids is 1. The molecule has 2 atom stereocenters. The molecule has 0 fully saturated rings. The van der Waals surface area contributed by atoms with Crippen LogP contribution in [-0.4, -0.2) is 27.2 Å². The Bertz CT molecular complexity index is 400. The molecular formula is C9H10Cl2N2O3. The zero-order valence-electron chi connectivity index (χ0n) is 8.10. The van der Waals surface area contributed by atoms with Gasteiger partial charge in [0, 0.05) is 11.8 Å². The number of halogens is 2. The van der Waals surface area contributed by atoms with Gasteiger partial charge in [0.15, 0.2) is 0 Å². The lowest BCUT2D eigenvalue weighted by atomic mass is 10.0. The van der Waals surface area contributed by atoms with E-state index in [4.69, 9.17) is 28.9 Å². The molecule has 88 valence electrons. The van der Waals surface area contributed by atoms with E-state index in [1.165, 1.54) is 12.3 Å². The van der Waals surface area contributed by atoms with Gasteiger partial charge < -0.3 is 15.9 Å². The maximum atomic E-state index is 10.6. The third-order valence-electron chi connectivity index (χ3n) is 1.93. The molecule has 1 aromatic rings. The maximum Gasteiger partial charge on any atom is 0.220 e. The van der Waals surface area contributed by atoms with E-state index in [1.807, 2.05) is 0 Å². The van der Waals surface area contributed by atoms with Gasteiger partial charge in [0.05, 0.1) is 17.5 Å². The first kappa shape index (κ1) is 13.2. The molecule has 1 heterocycles. The van der Waals surface area contributed by atoms with Crippen LogP contribution in [0, 0.1) is 0 Å². The first-order chi connectivity index (χ1) is 7.41. The SMILES string of the molecule is NC(=O)CC(O)C(O)c1cnc(Cl)c(Cl)c1. The molecule has 0 saturated heterocycles. The smallest absolute Gasteiger partial charge is 0.220 e. The summed E-state index contributed by atoms with van der Waals surface area (Å²) < 4.78 is 0. The minimum absolute atomic E-state index is 0.0991. The molecule has 0 aliphatic rings. The van der Waals surface area contributed by atoms with E-state index >= 15 is 0 Å². The summed E-state index contributed by atoms with van der Waals surface area (Å²) in [6.07, 6.45) is -1.66. The second-order valence-corrected chi connectivity index (χ2v) is 3.99. The Morgan fingerprint density at radius 1 is 1.50 bits per heavy atom. The quantitative estimate of drug-likeness (QED) is 0.696. The van der Waals surface area contributed by atoms with Crippen LogP contribution >= 0.6 is 23.2 Å². The van der Waals surface area contributed by atoms with Crippen LogP contribution in [0.15, 0.2) is 12.3 Å². The summed E-state index contributed by atoms with van der Waals surface area (Å²) in [4.78, 5) is 14.3. The molecule has 0 aliphatic heterocycles. The first-order valence-electron chi connectivity index (χ1n) is 4.37. The minimum Gasteiger partial charge on any atom is -0.390 e. The number of rotatable bonds is 4. The topological polar surface area (TPSA) is 96.4 Å². The number of nitrogens with two attached hydrogens (primary N) is 1. The monoisotopic (exact) mass is 264 g/mol. The standard InChI is InChI=1S/C9H10Cl2N2O3/c10-5-1-4(3-13-9(5)11)8(16)6(14)2-7(12)15/h1,3,6,8,14,16H,2H2,(H2,12,15). The highest BCUT2D eigenvalue weighted by Crippen LogP contribution is 2.25. The Kier molecular flexibility index (Phi) is 4.49. The molecule has 1 amide bonds. The van der Waals surface area contributed by atoms with E-state index in [9.17, 15) is 15.0 Å². The minimum atomic E-state index is -1.29. The average molecular weight is 265 g/mol. The Morgan fingerprint density at radius 3 is 2.62 bits per heavy atom. The van der Waals surface area contributed by atoms with E-state index in [0.29, 0.717) is 0 Å². The number of nitrogens with zero attached hydrogens (tertiary/aromatic N) is 1. The van der Waals surface area contributed by atoms with Crippen molar-refractivity contribution in [3.8, 4) is 0 Å². The Labute approximate surface area is 102 Å². The van der Waals surface area contributed by atoms with Crippen molar-refractivity contribution in [3.63, 3.8) is 0 Å². The van der Waals surface area contributed by atoms with Crippen molar-refractivity contribution in [2.45, 2.75) is 18.6 Å². The number of amides is 1. The summed E-state index contributed by atoms with van der Waals surface area (Å²) >= 11 is 11.3. The van der Waals surface area contributed by atoms with Crippen LogP contribution < -0.4 is 5.73 Å². The van der Waals surface area contributed by atoms with Gasteiger partial charge in [-0.05, 0) is 6.07 Å². The first-order valence-corrected chi connectivity index (χ1v) is 5.12. The highest BCUT2D eigenvalue weighted by molar-refractivity contribution is 6.41. The number of aliphatic hydroxyl groups excluding tert-OH is 2. The molecule has 0 bridgehead atoms. The number of pyridine rings is 1. The van der Waals surface area contributed by atoms with Crippen molar-refractivity contribution in [1.82, 2.24) is 4.98 Å². The molecule has 0 spiro atoms. The molecule has 0 radical (unpaired) electrons. The fourth-order valence-electron chi connectivity index (χ4n) is 1.14. The van der Waals surface area contributed by atoms with Gasteiger partial charge in [-0.25, -0.2) is 4.98 Å². The van der Waals surface area contributed by atoms with E-state index in [-0.39, 0.29) is 22.2 Å². The van der Waals surface area contributed by atoms with E-state index in [1.54, 1.807) is 0 Å². The Balaban J connectivity index is 2.83. The lowest BCUT2D eigenvalue weighted by Gasteiger charge is -2.16. The predicted octanol–water partition coefficient (Wildman–Crippen LogP) is 0.658. The molecule has 0 aliphatic carbocycles. The Morgan fingerprint density at radius 2 is 2.12 bits per heavy atom. The van der Waals surface area contributed by atoms with Crippen molar-refractivity contribution in [3.05, 3.63) is 28.0 Å². The van der Waals surface area contributed by atoms with Crippen molar-refractivity contribution >= 4 is 29.1 Å². The summed E-state index contributed by atoms with van der Waals surface area (Å²) in [7, 11) is 0. The van der Waals surface area contributed by atoms with Gasteiger partial charge in [-0.3, -0.25) is 4.79 Å². The highest BCUT2D eigenvalue weighted by Gasteiger charge is 2.21. The Hall–Kier alpha value is -0.880. The number of aromatic nitrogens is 1. The van der Waals surface area contributed by atoms with Crippen LogP contribution in [-0.2, 0) is 4.79 Å². The zero-order chi connectivity index (χ0) is 12.3. The summed E-state index contributed by atoms with van der Waals surface area (Å²) in [5.41, 5.74) is 5.16. The molecule has 7 heteroatoms. The summed E-state index contributed by atoms with van der Waals surface area (Å²) in [5.74, 6) is -0.709. The second kappa shape index (κ2) is 5.45.